The number of para-hydroxylation sites is 1. The third-order valence-electron chi connectivity index (χ3n) is 4.84. The number of imide groups is 1. The van der Waals surface area contributed by atoms with E-state index in [1.165, 1.54) is 12.3 Å². The second kappa shape index (κ2) is 8.23. The first-order valence-electron chi connectivity index (χ1n) is 9.46. The van der Waals surface area contributed by atoms with Crippen molar-refractivity contribution in [1.29, 1.82) is 0 Å². The highest BCUT2D eigenvalue weighted by molar-refractivity contribution is 8.18. The number of carbonyl (C=O) groups excluding carboxylic acids is 3. The molecule has 1 fully saturated rings. The van der Waals surface area contributed by atoms with Crippen LogP contribution >= 0.6 is 11.8 Å². The van der Waals surface area contributed by atoms with Crippen LogP contribution in [-0.2, 0) is 9.59 Å². The van der Waals surface area contributed by atoms with Gasteiger partial charge in [0, 0.05) is 5.69 Å². The fraction of sp³-hybridized carbons (Fsp3) is 0.130. The lowest BCUT2D eigenvalue weighted by Crippen LogP contribution is -2.36. The maximum absolute atomic E-state index is 12.7. The van der Waals surface area contributed by atoms with E-state index < -0.39 is 23.6 Å². The minimum Gasteiger partial charge on any atom is -0.463 e. The van der Waals surface area contributed by atoms with Gasteiger partial charge in [-0.3, -0.25) is 24.1 Å². The molecule has 1 aliphatic rings. The molecule has 1 saturated heterocycles. The summed E-state index contributed by atoms with van der Waals surface area (Å²) in [5.41, 5.74) is 2.76. The maximum atomic E-state index is 12.7. The second-order valence-corrected chi connectivity index (χ2v) is 8.14. The van der Waals surface area contributed by atoms with Crippen molar-refractivity contribution in [2.24, 2.45) is 0 Å². The highest BCUT2D eigenvalue weighted by Gasteiger charge is 2.36. The van der Waals surface area contributed by atoms with E-state index in [0.717, 1.165) is 16.0 Å². The average Bonchev–Trinajstić information content (AvgIpc) is 3.00. The molecule has 2 aromatic carbocycles. The molecule has 3 amide bonds. The summed E-state index contributed by atoms with van der Waals surface area (Å²) in [4.78, 5) is 51.0. The summed E-state index contributed by atoms with van der Waals surface area (Å²) < 4.78 is 5.45. The van der Waals surface area contributed by atoms with Gasteiger partial charge in [-0.2, -0.15) is 0 Å². The molecule has 3 aromatic rings. The van der Waals surface area contributed by atoms with E-state index in [4.69, 9.17) is 4.42 Å². The molecule has 0 aliphatic carbocycles. The number of anilines is 1. The molecule has 7 nitrogen and oxygen atoms in total. The van der Waals surface area contributed by atoms with Crippen LogP contribution < -0.4 is 10.7 Å². The lowest BCUT2D eigenvalue weighted by atomic mass is 10.1. The van der Waals surface area contributed by atoms with Gasteiger partial charge in [0.15, 0.2) is 5.43 Å². The van der Waals surface area contributed by atoms with Gasteiger partial charge in [-0.25, -0.2) is 0 Å². The third kappa shape index (κ3) is 4.15. The van der Waals surface area contributed by atoms with Crippen molar-refractivity contribution in [2.75, 3.05) is 11.9 Å². The Morgan fingerprint density at radius 3 is 2.71 bits per heavy atom. The average molecular weight is 434 g/mol. The van der Waals surface area contributed by atoms with Crippen molar-refractivity contribution in [3.63, 3.8) is 0 Å². The van der Waals surface area contributed by atoms with E-state index in [1.807, 2.05) is 32.0 Å². The van der Waals surface area contributed by atoms with Gasteiger partial charge < -0.3 is 9.73 Å². The third-order valence-corrected chi connectivity index (χ3v) is 5.74. The number of fused-ring (bicyclic) bond motifs is 1. The molecule has 1 N–H and O–H groups in total. The van der Waals surface area contributed by atoms with Crippen molar-refractivity contribution in [1.82, 2.24) is 4.90 Å². The van der Waals surface area contributed by atoms with Gasteiger partial charge in [-0.05, 0) is 61.0 Å². The van der Waals surface area contributed by atoms with Gasteiger partial charge >= 0.3 is 0 Å². The normalized spacial score (nSPS) is 15.2. The molecule has 2 heterocycles. The molecule has 0 spiro atoms. The number of aryl methyl sites for hydroxylation is 2. The minimum absolute atomic E-state index is 0.0621. The van der Waals surface area contributed by atoms with Crippen molar-refractivity contribution in [2.45, 2.75) is 13.8 Å². The number of hydrogen-bond acceptors (Lipinski definition) is 6. The van der Waals surface area contributed by atoms with Crippen LogP contribution in [0.5, 0.6) is 0 Å². The number of nitrogens with one attached hydrogen (secondary N) is 1. The number of benzene rings is 2. The predicted molar refractivity (Wildman–Crippen MR) is 120 cm³/mol. The smallest absolute Gasteiger partial charge is 0.294 e. The van der Waals surface area contributed by atoms with Crippen molar-refractivity contribution >= 4 is 51.5 Å². The van der Waals surface area contributed by atoms with Crippen LogP contribution in [0, 0.1) is 13.8 Å². The Bertz CT molecular complexity index is 1330. The van der Waals surface area contributed by atoms with Gasteiger partial charge in [0.2, 0.25) is 5.91 Å². The lowest BCUT2D eigenvalue weighted by Gasteiger charge is -2.14. The monoisotopic (exact) mass is 434 g/mol. The van der Waals surface area contributed by atoms with Crippen LogP contribution in [0.4, 0.5) is 10.5 Å². The Balaban J connectivity index is 1.54. The minimum atomic E-state index is -0.626. The summed E-state index contributed by atoms with van der Waals surface area (Å²) in [6.07, 6.45) is 2.58. The van der Waals surface area contributed by atoms with Gasteiger partial charge in [0.05, 0.1) is 15.9 Å². The summed E-state index contributed by atoms with van der Waals surface area (Å²) >= 11 is 0.683. The molecular weight excluding hydrogens is 416 g/mol. The largest absolute Gasteiger partial charge is 0.463 e. The summed E-state index contributed by atoms with van der Waals surface area (Å²) in [5, 5.41) is 2.54. The SMILES string of the molecule is Cc1ccc(C)c(NC(=O)CN2C(=O)S/C(=C\c3coc4ccccc4c3=O)C2=O)c1. The molecule has 0 radical (unpaired) electrons. The topological polar surface area (TPSA) is 96.7 Å². The van der Waals surface area contributed by atoms with Gasteiger partial charge in [-0.1, -0.05) is 24.3 Å². The Morgan fingerprint density at radius 2 is 1.90 bits per heavy atom. The molecule has 4 rings (SSSR count). The zero-order valence-electron chi connectivity index (χ0n) is 16.8. The number of rotatable bonds is 4. The zero-order chi connectivity index (χ0) is 22.1. The maximum Gasteiger partial charge on any atom is 0.294 e. The van der Waals surface area contributed by atoms with E-state index in [2.05, 4.69) is 5.32 Å². The molecule has 0 atom stereocenters. The summed E-state index contributed by atoms with van der Waals surface area (Å²) in [6, 6.07) is 12.4. The van der Waals surface area contributed by atoms with Crippen LogP contribution in [0.2, 0.25) is 0 Å². The van der Waals surface area contributed by atoms with Crippen molar-refractivity contribution in [3.05, 3.63) is 80.5 Å². The molecular formula is C23H18N2O5S. The fourth-order valence-electron chi connectivity index (χ4n) is 3.17. The van der Waals surface area contributed by atoms with E-state index in [-0.39, 0.29) is 15.9 Å². The number of nitrogens with zero attached hydrogens (tertiary/aromatic N) is 1. The first kappa shape index (κ1) is 20.6. The van der Waals surface area contributed by atoms with Crippen LogP contribution in [0.25, 0.3) is 17.0 Å². The van der Waals surface area contributed by atoms with E-state index in [0.29, 0.717) is 28.4 Å². The number of thioether (sulfide) groups is 1. The molecule has 31 heavy (non-hydrogen) atoms. The molecule has 8 heteroatoms. The molecule has 156 valence electrons. The molecule has 0 saturated carbocycles. The van der Waals surface area contributed by atoms with Crippen molar-refractivity contribution < 1.29 is 18.8 Å². The number of carbonyl (C=O) groups is 3. The number of amides is 3. The fourth-order valence-corrected chi connectivity index (χ4v) is 4.00. The molecule has 0 bridgehead atoms. The first-order chi connectivity index (χ1) is 14.8. The van der Waals surface area contributed by atoms with Crippen molar-refractivity contribution in [3.8, 4) is 0 Å². The Hall–Kier alpha value is -3.65. The van der Waals surface area contributed by atoms with Gasteiger partial charge in [0.1, 0.15) is 18.4 Å². The molecule has 1 aliphatic heterocycles. The molecule has 0 unspecified atom stereocenters. The van der Waals surface area contributed by atoms with E-state index >= 15 is 0 Å². The second-order valence-electron chi connectivity index (χ2n) is 7.15. The van der Waals surface area contributed by atoms with Gasteiger partial charge in [0.25, 0.3) is 11.1 Å². The summed E-state index contributed by atoms with van der Waals surface area (Å²) in [7, 11) is 0. The Kier molecular flexibility index (Phi) is 5.48. The lowest BCUT2D eigenvalue weighted by molar-refractivity contribution is -0.127. The summed E-state index contributed by atoms with van der Waals surface area (Å²) in [6.45, 7) is 3.34. The molecule has 1 aromatic heterocycles. The van der Waals surface area contributed by atoms with E-state index in [9.17, 15) is 19.2 Å². The highest BCUT2D eigenvalue weighted by Crippen LogP contribution is 2.32. The van der Waals surface area contributed by atoms with Crippen LogP contribution in [0.1, 0.15) is 16.7 Å². The summed E-state index contributed by atoms with van der Waals surface area (Å²) in [5.74, 6) is -1.11. The zero-order valence-corrected chi connectivity index (χ0v) is 17.6. The standard InChI is InChI=1S/C23H18N2O5S/c1-13-7-8-14(2)17(9-13)24-20(26)11-25-22(28)19(31-23(25)29)10-15-12-30-18-6-4-3-5-16(18)21(15)27/h3-10,12H,11H2,1-2H3,(H,24,26)/b19-10-. The van der Waals surface area contributed by atoms with E-state index in [1.54, 1.807) is 24.3 Å². The Morgan fingerprint density at radius 1 is 1.13 bits per heavy atom. The van der Waals surface area contributed by atoms with Gasteiger partial charge in [-0.15, -0.1) is 0 Å². The van der Waals surface area contributed by atoms with Crippen LogP contribution in [-0.4, -0.2) is 28.5 Å². The highest BCUT2D eigenvalue weighted by atomic mass is 32.2. The quantitative estimate of drug-likeness (QED) is 0.622. The predicted octanol–water partition coefficient (Wildman–Crippen LogP) is 4.08. The van der Waals surface area contributed by atoms with Crippen LogP contribution in [0.15, 0.2) is 62.8 Å². The van der Waals surface area contributed by atoms with Crippen LogP contribution in [0.3, 0.4) is 0 Å². The Labute approximate surface area is 181 Å². The number of hydrogen-bond donors (Lipinski definition) is 1. The first-order valence-corrected chi connectivity index (χ1v) is 10.3.